The molecule has 0 aliphatic heterocycles. The molecular formula is C16H20NO8P. The summed E-state index contributed by atoms with van der Waals surface area (Å²) in [6.45, 7) is 0. The van der Waals surface area contributed by atoms with Crippen LogP contribution < -0.4 is 0 Å². The summed E-state index contributed by atoms with van der Waals surface area (Å²) in [6.07, 6.45) is 2.16. The minimum Gasteiger partial charge on any atom is -0.511 e. The van der Waals surface area contributed by atoms with Gasteiger partial charge in [-0.25, -0.2) is 4.57 Å². The molecular weight excluding hydrogens is 365 g/mol. The van der Waals surface area contributed by atoms with Crippen molar-refractivity contribution in [3.63, 3.8) is 0 Å². The van der Waals surface area contributed by atoms with Gasteiger partial charge in [-0.3, -0.25) is 0 Å². The highest BCUT2D eigenvalue weighted by Gasteiger charge is 2.42. The summed E-state index contributed by atoms with van der Waals surface area (Å²) in [5.74, 6) is -5.26. The maximum atomic E-state index is 11.1. The molecule has 1 atom stereocenters. The average Bonchev–Trinajstić information content (AvgIpc) is 2.46. The van der Waals surface area contributed by atoms with Crippen molar-refractivity contribution in [1.29, 1.82) is 0 Å². The third-order valence-corrected chi connectivity index (χ3v) is 4.33. The van der Waals surface area contributed by atoms with Crippen molar-refractivity contribution in [2.75, 3.05) is 0 Å². The molecule has 2 rings (SSSR count). The summed E-state index contributed by atoms with van der Waals surface area (Å²) >= 11 is 0. The molecule has 1 aliphatic carbocycles. The molecule has 0 fully saturated rings. The van der Waals surface area contributed by atoms with Gasteiger partial charge in [0, 0.05) is 18.6 Å². The molecule has 0 saturated heterocycles. The smallest absolute Gasteiger partial charge is 0.448 e. The van der Waals surface area contributed by atoms with Gasteiger partial charge in [-0.05, 0) is 30.5 Å². The van der Waals surface area contributed by atoms with E-state index in [2.05, 4.69) is 4.76 Å². The third kappa shape index (κ3) is 5.42. The number of allylic oxidation sites excluding steroid dienone is 2. The van der Waals surface area contributed by atoms with Crippen molar-refractivity contribution in [3.8, 4) is 5.75 Å². The number of benzene rings is 1. The predicted molar refractivity (Wildman–Crippen MR) is 92.6 cm³/mol. The summed E-state index contributed by atoms with van der Waals surface area (Å²) in [5.41, 5.74) is 0.300. The molecule has 0 aromatic heterocycles. The first kappa shape index (κ1) is 20.2. The second-order valence-electron chi connectivity index (χ2n) is 6.01. The van der Waals surface area contributed by atoms with Crippen LogP contribution in [0.25, 0.3) is 0 Å². The number of hydrogen-bond donors (Lipinski definition) is 7. The monoisotopic (exact) mass is 385 g/mol. The number of rotatable bonds is 6. The predicted octanol–water partition coefficient (Wildman–Crippen LogP) is 1.44. The molecule has 142 valence electrons. The summed E-state index contributed by atoms with van der Waals surface area (Å²) in [4.78, 5) is 18.0. The van der Waals surface area contributed by atoms with Gasteiger partial charge in [0.25, 0.3) is 0 Å². The molecule has 0 saturated carbocycles. The lowest BCUT2D eigenvalue weighted by atomic mass is 9.84. The fraction of sp³-hybridized carbons (Fsp3) is 0.312. The largest absolute Gasteiger partial charge is 0.511 e. The number of aryl methyl sites for hydroxylation is 1. The van der Waals surface area contributed by atoms with Crippen molar-refractivity contribution in [3.05, 3.63) is 53.5 Å². The number of aromatic hydroxyl groups is 1. The Kier molecular flexibility index (Phi) is 5.90. The highest BCUT2D eigenvalue weighted by molar-refractivity contribution is 7.50. The van der Waals surface area contributed by atoms with Crippen molar-refractivity contribution in [2.45, 2.75) is 25.0 Å². The van der Waals surface area contributed by atoms with Gasteiger partial charge in [0.1, 0.15) is 23.2 Å². The Bertz CT molecular complexity index is 791. The van der Waals surface area contributed by atoms with E-state index in [0.29, 0.717) is 6.42 Å². The molecule has 7 N–H and O–H groups in total. The van der Waals surface area contributed by atoms with E-state index in [1.807, 2.05) is 0 Å². The first-order chi connectivity index (χ1) is 12.0. The van der Waals surface area contributed by atoms with E-state index in [1.54, 1.807) is 12.1 Å². The highest BCUT2D eigenvalue weighted by Crippen LogP contribution is 2.40. The van der Waals surface area contributed by atoms with Crippen LogP contribution in [0.15, 0.2) is 52.7 Å². The van der Waals surface area contributed by atoms with Gasteiger partial charge in [-0.1, -0.05) is 12.1 Å². The van der Waals surface area contributed by atoms with Gasteiger partial charge in [0.15, 0.2) is 5.79 Å². The summed E-state index contributed by atoms with van der Waals surface area (Å²) in [6, 6.07) is 6.33. The number of aliphatic hydroxyl groups excluding tert-OH is 2. The van der Waals surface area contributed by atoms with Crippen LogP contribution in [0, 0.1) is 5.92 Å². The van der Waals surface area contributed by atoms with Crippen molar-refractivity contribution in [2.24, 2.45) is 10.7 Å². The standard InChI is InChI=1S/C16H20NO8P/c18-11-5-3-10(4-6-11)2-1-7-16(21,22)15-13(17-26(23,24)25)8-12(19)9-14(15)20/h3-6,8-9,15,18-22H,1-2,7H2,(H2,23,24,25). The first-order valence-electron chi connectivity index (χ1n) is 7.67. The zero-order valence-electron chi connectivity index (χ0n) is 13.6. The number of nitrogens with zero attached hydrogens (tertiary/aromatic N) is 1. The van der Waals surface area contributed by atoms with E-state index in [4.69, 9.17) is 9.79 Å². The second kappa shape index (κ2) is 7.61. The molecule has 0 bridgehead atoms. The Balaban J connectivity index is 2.16. The van der Waals surface area contributed by atoms with Gasteiger partial charge in [0.2, 0.25) is 0 Å². The number of phenols is 1. The number of aliphatic hydroxyl groups is 4. The molecule has 0 radical (unpaired) electrons. The van der Waals surface area contributed by atoms with Crippen LogP contribution in [0.2, 0.25) is 0 Å². The third-order valence-electron chi connectivity index (χ3n) is 3.84. The lowest BCUT2D eigenvalue weighted by Crippen LogP contribution is -2.44. The Morgan fingerprint density at radius 2 is 1.65 bits per heavy atom. The molecule has 1 aliphatic rings. The summed E-state index contributed by atoms with van der Waals surface area (Å²) in [5, 5.41) is 49.4. The molecule has 0 amide bonds. The Hall–Kier alpha value is -2.16. The van der Waals surface area contributed by atoms with Gasteiger partial charge < -0.3 is 35.3 Å². The van der Waals surface area contributed by atoms with Crippen molar-refractivity contribution in [1.82, 2.24) is 0 Å². The van der Waals surface area contributed by atoms with Gasteiger partial charge in [0.05, 0.1) is 5.71 Å². The minimum absolute atomic E-state index is 0.106. The first-order valence-corrected chi connectivity index (χ1v) is 9.24. The van der Waals surface area contributed by atoms with Crippen LogP contribution >= 0.6 is 7.75 Å². The maximum absolute atomic E-state index is 11.1. The van der Waals surface area contributed by atoms with E-state index in [-0.39, 0.29) is 18.6 Å². The Morgan fingerprint density at radius 1 is 1.04 bits per heavy atom. The summed E-state index contributed by atoms with van der Waals surface area (Å²) < 4.78 is 14.2. The molecule has 10 heteroatoms. The van der Waals surface area contributed by atoms with E-state index in [9.17, 15) is 30.1 Å². The molecule has 26 heavy (non-hydrogen) atoms. The van der Waals surface area contributed by atoms with Crippen LogP contribution in [0.4, 0.5) is 0 Å². The number of phenolic OH excluding ortho intramolecular Hbond substituents is 1. The Labute approximate surface area is 149 Å². The minimum atomic E-state index is -4.92. The van der Waals surface area contributed by atoms with E-state index < -0.39 is 36.7 Å². The fourth-order valence-corrected chi connectivity index (χ4v) is 3.21. The molecule has 0 spiro atoms. The van der Waals surface area contributed by atoms with Crippen LogP contribution in [0.1, 0.15) is 18.4 Å². The molecule has 1 aromatic carbocycles. The highest BCUT2D eigenvalue weighted by atomic mass is 31.2. The van der Waals surface area contributed by atoms with Crippen molar-refractivity contribution < 1.29 is 39.9 Å². The fourth-order valence-electron chi connectivity index (χ4n) is 2.73. The maximum Gasteiger partial charge on any atom is 0.448 e. The molecule has 0 heterocycles. The number of hydrogen-bond acceptors (Lipinski definition) is 6. The van der Waals surface area contributed by atoms with Crippen LogP contribution in [-0.4, -0.2) is 46.8 Å². The van der Waals surface area contributed by atoms with Crippen LogP contribution in [0.5, 0.6) is 5.75 Å². The quantitative estimate of drug-likeness (QED) is 0.285. The normalized spacial score (nSPS) is 20.0. The Morgan fingerprint density at radius 3 is 2.23 bits per heavy atom. The zero-order chi connectivity index (χ0) is 19.5. The topological polar surface area (TPSA) is 171 Å². The van der Waals surface area contributed by atoms with Crippen molar-refractivity contribution >= 4 is 13.5 Å². The summed E-state index contributed by atoms with van der Waals surface area (Å²) in [7, 11) is -4.92. The van der Waals surface area contributed by atoms with Crippen LogP contribution in [-0.2, 0) is 11.0 Å². The van der Waals surface area contributed by atoms with E-state index >= 15 is 0 Å². The molecule has 1 aromatic rings. The van der Waals surface area contributed by atoms with E-state index in [1.165, 1.54) is 12.1 Å². The molecule has 1 unspecified atom stereocenters. The van der Waals surface area contributed by atoms with Gasteiger partial charge in [-0.2, -0.15) is 4.76 Å². The van der Waals surface area contributed by atoms with Gasteiger partial charge in [-0.15, -0.1) is 0 Å². The average molecular weight is 385 g/mol. The van der Waals surface area contributed by atoms with E-state index in [0.717, 1.165) is 17.7 Å². The van der Waals surface area contributed by atoms with Crippen LogP contribution in [0.3, 0.4) is 0 Å². The zero-order valence-corrected chi connectivity index (χ0v) is 14.5. The lowest BCUT2D eigenvalue weighted by Gasteiger charge is -2.32. The van der Waals surface area contributed by atoms with Gasteiger partial charge >= 0.3 is 7.75 Å². The molecule has 9 nitrogen and oxygen atoms in total. The SMILES string of the molecule is O=P(O)(O)N=C1C=C(O)C=C(O)C1C(O)(O)CCCc1ccc(O)cc1. The lowest BCUT2D eigenvalue weighted by molar-refractivity contribution is -0.186. The second-order valence-corrected chi connectivity index (χ2v) is 7.23.